The van der Waals surface area contributed by atoms with Gasteiger partial charge in [0.05, 0.1) is 6.10 Å². The van der Waals surface area contributed by atoms with E-state index >= 15 is 0 Å². The number of alkyl halides is 3. The first-order valence-corrected chi connectivity index (χ1v) is 7.99. The van der Waals surface area contributed by atoms with Gasteiger partial charge in [-0.2, -0.15) is 13.2 Å². The summed E-state index contributed by atoms with van der Waals surface area (Å²) in [4.78, 5) is 12.4. The Bertz CT molecular complexity index is 417. The van der Waals surface area contributed by atoms with Crippen molar-refractivity contribution in [3.8, 4) is 0 Å². The molecule has 3 atom stereocenters. The fourth-order valence-corrected chi connectivity index (χ4v) is 3.95. The molecule has 4 nitrogen and oxygen atoms in total. The highest BCUT2D eigenvalue weighted by Gasteiger charge is 2.70. The summed E-state index contributed by atoms with van der Waals surface area (Å²) in [6.07, 6.45) is 1.62. The summed E-state index contributed by atoms with van der Waals surface area (Å²) < 4.78 is 41.8. The van der Waals surface area contributed by atoms with Crippen LogP contribution < -0.4 is 11.1 Å². The largest absolute Gasteiger partial charge is 0.441 e. The molecule has 0 aromatic heterocycles. The van der Waals surface area contributed by atoms with E-state index in [0.717, 1.165) is 12.8 Å². The Morgan fingerprint density at radius 2 is 2.14 bits per heavy atom. The van der Waals surface area contributed by atoms with Gasteiger partial charge in [-0.1, -0.05) is 13.8 Å². The SMILES string of the molecule is CC1(C)C2OCCCC2C1(N)C(=O)NCCSC(F)(F)F. The summed E-state index contributed by atoms with van der Waals surface area (Å²) in [5.41, 5.74) is 0.468. The van der Waals surface area contributed by atoms with Crippen molar-refractivity contribution >= 4 is 17.7 Å². The van der Waals surface area contributed by atoms with Crippen LogP contribution in [0.25, 0.3) is 0 Å². The topological polar surface area (TPSA) is 64.3 Å². The molecule has 3 unspecified atom stereocenters. The number of carbonyl (C=O) groups is 1. The molecule has 0 bridgehead atoms. The molecule has 8 heteroatoms. The summed E-state index contributed by atoms with van der Waals surface area (Å²) in [5.74, 6) is -0.644. The molecule has 0 aromatic rings. The molecule has 1 heterocycles. The van der Waals surface area contributed by atoms with Gasteiger partial charge in [0.15, 0.2) is 0 Å². The molecule has 3 N–H and O–H groups in total. The van der Waals surface area contributed by atoms with Gasteiger partial charge in [-0.3, -0.25) is 4.79 Å². The molecule has 1 aliphatic carbocycles. The predicted octanol–water partition coefficient (Wildman–Crippen LogP) is 1.89. The predicted molar refractivity (Wildman–Crippen MR) is 74.7 cm³/mol. The fourth-order valence-electron chi connectivity index (χ4n) is 3.51. The molecule has 1 saturated carbocycles. The quantitative estimate of drug-likeness (QED) is 0.775. The highest BCUT2D eigenvalue weighted by Crippen LogP contribution is 2.57. The fraction of sp³-hybridized carbons (Fsp3) is 0.923. The number of nitrogens with one attached hydrogen (secondary N) is 1. The monoisotopic (exact) mass is 326 g/mol. The van der Waals surface area contributed by atoms with E-state index in [4.69, 9.17) is 10.5 Å². The van der Waals surface area contributed by atoms with Crippen molar-refractivity contribution in [2.75, 3.05) is 18.9 Å². The number of nitrogens with two attached hydrogens (primary N) is 1. The second-order valence-corrected chi connectivity index (χ2v) is 7.34. The van der Waals surface area contributed by atoms with Gasteiger partial charge in [-0.05, 0) is 24.6 Å². The van der Waals surface area contributed by atoms with Crippen molar-refractivity contribution in [1.82, 2.24) is 5.32 Å². The highest BCUT2D eigenvalue weighted by atomic mass is 32.2. The molecule has 0 radical (unpaired) electrons. The average Bonchev–Trinajstić information content (AvgIpc) is 2.41. The summed E-state index contributed by atoms with van der Waals surface area (Å²) in [6.45, 7) is 4.38. The summed E-state index contributed by atoms with van der Waals surface area (Å²) in [6, 6.07) is 0. The zero-order valence-electron chi connectivity index (χ0n) is 12.1. The van der Waals surface area contributed by atoms with Crippen LogP contribution in [0.4, 0.5) is 13.2 Å². The van der Waals surface area contributed by atoms with Gasteiger partial charge in [0, 0.05) is 30.2 Å². The second-order valence-electron chi connectivity index (χ2n) is 6.18. The van der Waals surface area contributed by atoms with Crippen LogP contribution in [0.1, 0.15) is 26.7 Å². The second kappa shape index (κ2) is 5.62. The molecule has 0 spiro atoms. The Morgan fingerprint density at radius 1 is 1.48 bits per heavy atom. The standard InChI is InChI=1S/C13H21F3N2O2S/c1-11(2)9-8(4-3-6-20-9)12(11,17)10(19)18-5-7-21-13(14,15)16/h8-9H,3-7,17H2,1-2H3,(H,18,19). The molecule has 2 fully saturated rings. The Kier molecular flexibility index (Phi) is 4.52. The van der Waals surface area contributed by atoms with E-state index in [1.165, 1.54) is 0 Å². The third-order valence-corrected chi connectivity index (χ3v) is 5.45. The molecule has 0 aromatic carbocycles. The van der Waals surface area contributed by atoms with Crippen molar-refractivity contribution in [2.45, 2.75) is 43.8 Å². The maximum Gasteiger partial charge on any atom is 0.441 e. The Balaban J connectivity index is 1.92. The van der Waals surface area contributed by atoms with Gasteiger partial charge in [0.25, 0.3) is 0 Å². The molecule has 1 saturated heterocycles. The van der Waals surface area contributed by atoms with Crippen molar-refractivity contribution < 1.29 is 22.7 Å². The first kappa shape index (κ1) is 16.9. The molecule has 1 amide bonds. The summed E-state index contributed by atoms with van der Waals surface area (Å²) in [7, 11) is 0. The lowest BCUT2D eigenvalue weighted by atomic mass is 9.46. The Labute approximate surface area is 126 Å². The Hall–Kier alpha value is -0.470. The van der Waals surface area contributed by atoms with Crippen molar-refractivity contribution in [1.29, 1.82) is 0 Å². The van der Waals surface area contributed by atoms with Crippen LogP contribution in [-0.2, 0) is 9.53 Å². The minimum atomic E-state index is -4.27. The summed E-state index contributed by atoms with van der Waals surface area (Å²) >= 11 is -0.146. The number of amides is 1. The maximum atomic E-state index is 12.4. The number of fused-ring (bicyclic) bond motifs is 1. The Morgan fingerprint density at radius 3 is 2.76 bits per heavy atom. The van der Waals surface area contributed by atoms with Crippen LogP contribution in [0.15, 0.2) is 0 Å². The lowest BCUT2D eigenvalue weighted by molar-refractivity contribution is -0.225. The zero-order chi connectivity index (χ0) is 15.9. The van der Waals surface area contributed by atoms with Gasteiger partial charge < -0.3 is 15.8 Å². The van der Waals surface area contributed by atoms with E-state index in [1.54, 1.807) is 0 Å². The number of hydrogen-bond acceptors (Lipinski definition) is 4. The normalized spacial score (nSPS) is 34.8. The maximum absolute atomic E-state index is 12.4. The van der Waals surface area contributed by atoms with Crippen LogP contribution in [-0.4, -0.2) is 42.0 Å². The number of ether oxygens (including phenoxy) is 1. The van der Waals surface area contributed by atoms with E-state index < -0.39 is 16.5 Å². The third-order valence-electron chi connectivity index (χ3n) is 4.71. The third kappa shape index (κ3) is 2.90. The molecule has 1 aliphatic heterocycles. The number of carbonyl (C=O) groups excluding carboxylic acids is 1. The number of rotatable bonds is 4. The van der Waals surface area contributed by atoms with Crippen molar-refractivity contribution in [3.63, 3.8) is 0 Å². The number of halogens is 3. The lowest BCUT2D eigenvalue weighted by Crippen LogP contribution is -2.82. The van der Waals surface area contributed by atoms with E-state index in [2.05, 4.69) is 5.32 Å². The number of hydrogen-bond donors (Lipinski definition) is 2. The molecule has 122 valence electrons. The molecule has 21 heavy (non-hydrogen) atoms. The minimum Gasteiger partial charge on any atom is -0.377 e. The first-order chi connectivity index (χ1) is 9.61. The van der Waals surface area contributed by atoms with E-state index in [-0.39, 0.29) is 42.0 Å². The van der Waals surface area contributed by atoms with Crippen molar-refractivity contribution in [3.05, 3.63) is 0 Å². The minimum absolute atomic E-state index is 0.0454. The van der Waals surface area contributed by atoms with E-state index in [0.29, 0.717) is 6.61 Å². The molecule has 2 aliphatic rings. The van der Waals surface area contributed by atoms with Gasteiger partial charge >= 0.3 is 5.51 Å². The highest BCUT2D eigenvalue weighted by molar-refractivity contribution is 8.00. The van der Waals surface area contributed by atoms with Crippen molar-refractivity contribution in [2.24, 2.45) is 17.1 Å². The van der Waals surface area contributed by atoms with Gasteiger partial charge in [0.1, 0.15) is 5.54 Å². The van der Waals surface area contributed by atoms with Crippen LogP contribution in [0, 0.1) is 11.3 Å². The van der Waals surface area contributed by atoms with Crippen LogP contribution in [0.3, 0.4) is 0 Å². The molecular formula is C13H21F3N2O2S. The van der Waals surface area contributed by atoms with Gasteiger partial charge in [0.2, 0.25) is 5.91 Å². The lowest BCUT2D eigenvalue weighted by Gasteiger charge is -2.65. The smallest absolute Gasteiger partial charge is 0.377 e. The average molecular weight is 326 g/mol. The summed E-state index contributed by atoms with van der Waals surface area (Å²) in [5, 5.41) is 2.55. The van der Waals surface area contributed by atoms with Crippen LogP contribution >= 0.6 is 11.8 Å². The van der Waals surface area contributed by atoms with Gasteiger partial charge in [-0.25, -0.2) is 0 Å². The van der Waals surface area contributed by atoms with Crippen LogP contribution in [0.5, 0.6) is 0 Å². The number of thioether (sulfide) groups is 1. The molecule has 2 rings (SSSR count). The van der Waals surface area contributed by atoms with Gasteiger partial charge in [-0.15, -0.1) is 0 Å². The first-order valence-electron chi connectivity index (χ1n) is 7.00. The zero-order valence-corrected chi connectivity index (χ0v) is 12.9. The molecular weight excluding hydrogens is 305 g/mol. The van der Waals surface area contributed by atoms with E-state index in [1.807, 2.05) is 13.8 Å². The van der Waals surface area contributed by atoms with Crippen LogP contribution in [0.2, 0.25) is 0 Å². The van der Waals surface area contributed by atoms with E-state index in [9.17, 15) is 18.0 Å².